The maximum absolute atomic E-state index is 12.3. The van der Waals surface area contributed by atoms with E-state index in [2.05, 4.69) is 0 Å². The average Bonchev–Trinajstić information content (AvgIpc) is 2.44. The van der Waals surface area contributed by atoms with Gasteiger partial charge < -0.3 is 14.7 Å². The smallest absolute Gasteiger partial charge is 0.410 e. The van der Waals surface area contributed by atoms with Crippen molar-refractivity contribution in [2.45, 2.75) is 26.0 Å². The number of carboxylic acid groups (broad SMARTS) is 1. The third-order valence-corrected chi connectivity index (χ3v) is 3.77. The molecule has 0 atom stereocenters. The molecule has 2 rings (SSSR count). The predicted octanol–water partition coefficient (Wildman–Crippen LogP) is 1.80. The Morgan fingerprint density at radius 1 is 1.23 bits per heavy atom. The van der Waals surface area contributed by atoms with Gasteiger partial charge >= 0.3 is 12.1 Å². The highest BCUT2D eigenvalue weighted by atomic mass is 16.6. The molecule has 1 aliphatic rings. The lowest BCUT2D eigenvalue weighted by Crippen LogP contribution is -2.61. The summed E-state index contributed by atoms with van der Waals surface area (Å²) in [4.78, 5) is 26.6. The van der Waals surface area contributed by atoms with Crippen molar-refractivity contribution in [2.24, 2.45) is 0 Å². The Kier molecular flexibility index (Phi) is 5.03. The highest BCUT2D eigenvalue weighted by Gasteiger charge is 2.38. The quantitative estimate of drug-likeness (QED) is 0.918. The molecule has 1 heterocycles. The number of nitrogens with zero attached hydrogens (tertiary/aromatic N) is 2. The third-order valence-electron chi connectivity index (χ3n) is 3.77. The van der Waals surface area contributed by atoms with E-state index >= 15 is 0 Å². The molecule has 22 heavy (non-hydrogen) atoms. The topological polar surface area (TPSA) is 70.1 Å². The number of amides is 1. The summed E-state index contributed by atoms with van der Waals surface area (Å²) in [6.07, 6.45) is -0.358. The van der Waals surface area contributed by atoms with Crippen LogP contribution in [0.1, 0.15) is 19.4 Å². The van der Waals surface area contributed by atoms with Crippen LogP contribution in [-0.4, -0.2) is 58.7 Å². The Bertz CT molecular complexity index is 530. The Morgan fingerprint density at radius 3 is 2.50 bits per heavy atom. The van der Waals surface area contributed by atoms with Gasteiger partial charge in [0.2, 0.25) is 0 Å². The van der Waals surface area contributed by atoms with Crippen LogP contribution in [0.5, 0.6) is 0 Å². The van der Waals surface area contributed by atoms with Crippen LogP contribution in [0.4, 0.5) is 4.79 Å². The molecule has 120 valence electrons. The number of carbonyl (C=O) groups is 2. The first-order chi connectivity index (χ1) is 10.4. The molecule has 1 N–H and O–H groups in total. The van der Waals surface area contributed by atoms with Crippen LogP contribution in [0.3, 0.4) is 0 Å². The van der Waals surface area contributed by atoms with E-state index in [1.54, 1.807) is 4.90 Å². The number of rotatable bonds is 4. The van der Waals surface area contributed by atoms with Crippen molar-refractivity contribution in [2.75, 3.05) is 26.2 Å². The molecular formula is C16H22N2O4. The van der Waals surface area contributed by atoms with E-state index in [-0.39, 0.29) is 19.2 Å². The average molecular weight is 306 g/mol. The largest absolute Gasteiger partial charge is 0.480 e. The number of carboxylic acids is 1. The molecule has 1 aromatic rings. The molecule has 1 amide bonds. The van der Waals surface area contributed by atoms with E-state index in [0.717, 1.165) is 5.56 Å². The summed E-state index contributed by atoms with van der Waals surface area (Å²) in [6, 6.07) is 9.53. The normalized spacial score (nSPS) is 18.0. The van der Waals surface area contributed by atoms with Crippen molar-refractivity contribution in [3.8, 4) is 0 Å². The molecule has 0 radical (unpaired) electrons. The first-order valence-electron chi connectivity index (χ1n) is 7.31. The molecule has 1 aromatic carbocycles. The van der Waals surface area contributed by atoms with Gasteiger partial charge in [0.1, 0.15) is 6.61 Å². The molecule has 0 unspecified atom stereocenters. The summed E-state index contributed by atoms with van der Waals surface area (Å²) in [6.45, 7) is 5.60. The van der Waals surface area contributed by atoms with Crippen LogP contribution in [0.15, 0.2) is 30.3 Å². The molecule has 6 heteroatoms. The molecule has 0 aliphatic carbocycles. The van der Waals surface area contributed by atoms with Crippen LogP contribution in [0, 0.1) is 0 Å². The fourth-order valence-electron chi connectivity index (χ4n) is 2.72. The standard InChI is InChI=1S/C16H22N2O4/c1-16(2)12-17(10-14(19)20)8-9-18(16)15(21)22-11-13-6-4-3-5-7-13/h3-7H,8-12H2,1-2H3,(H,19,20). The van der Waals surface area contributed by atoms with E-state index < -0.39 is 11.5 Å². The van der Waals surface area contributed by atoms with Crippen LogP contribution < -0.4 is 0 Å². The van der Waals surface area contributed by atoms with Gasteiger partial charge in [-0.15, -0.1) is 0 Å². The Labute approximate surface area is 130 Å². The molecule has 1 fully saturated rings. The summed E-state index contributed by atoms with van der Waals surface area (Å²) in [7, 11) is 0. The fourth-order valence-corrected chi connectivity index (χ4v) is 2.72. The number of hydrogen-bond donors (Lipinski definition) is 1. The van der Waals surface area contributed by atoms with Crippen LogP contribution in [0.2, 0.25) is 0 Å². The number of ether oxygens (including phenoxy) is 1. The Morgan fingerprint density at radius 2 is 1.91 bits per heavy atom. The lowest BCUT2D eigenvalue weighted by molar-refractivity contribution is -0.139. The van der Waals surface area contributed by atoms with Gasteiger partial charge in [0.15, 0.2) is 0 Å². The van der Waals surface area contributed by atoms with Gasteiger partial charge in [0.05, 0.1) is 12.1 Å². The molecule has 1 aliphatic heterocycles. The minimum Gasteiger partial charge on any atom is -0.480 e. The first-order valence-corrected chi connectivity index (χ1v) is 7.31. The van der Waals surface area contributed by atoms with Gasteiger partial charge in [-0.3, -0.25) is 9.69 Å². The van der Waals surface area contributed by atoms with Crippen molar-refractivity contribution in [1.82, 2.24) is 9.80 Å². The zero-order valence-electron chi connectivity index (χ0n) is 13.0. The number of aliphatic carboxylic acids is 1. The van der Waals surface area contributed by atoms with E-state index in [1.165, 1.54) is 0 Å². The maximum atomic E-state index is 12.3. The zero-order chi connectivity index (χ0) is 16.2. The third kappa shape index (κ3) is 4.21. The fraction of sp³-hybridized carbons (Fsp3) is 0.500. The molecule has 0 aromatic heterocycles. The highest BCUT2D eigenvalue weighted by Crippen LogP contribution is 2.22. The van der Waals surface area contributed by atoms with Gasteiger partial charge in [-0.25, -0.2) is 4.79 Å². The highest BCUT2D eigenvalue weighted by molar-refractivity contribution is 5.70. The Hall–Kier alpha value is -2.08. The van der Waals surface area contributed by atoms with E-state index in [0.29, 0.717) is 19.6 Å². The summed E-state index contributed by atoms with van der Waals surface area (Å²) in [5.41, 5.74) is 0.486. The number of piperazine rings is 1. The van der Waals surface area contributed by atoms with Crippen LogP contribution >= 0.6 is 0 Å². The van der Waals surface area contributed by atoms with Gasteiger partial charge in [-0.2, -0.15) is 0 Å². The van der Waals surface area contributed by atoms with Crippen molar-refractivity contribution in [3.05, 3.63) is 35.9 Å². The lowest BCUT2D eigenvalue weighted by Gasteiger charge is -2.45. The van der Waals surface area contributed by atoms with Crippen molar-refractivity contribution in [3.63, 3.8) is 0 Å². The predicted molar refractivity (Wildman–Crippen MR) is 81.5 cm³/mol. The Balaban J connectivity index is 1.91. The van der Waals surface area contributed by atoms with E-state index in [1.807, 2.05) is 49.1 Å². The van der Waals surface area contributed by atoms with Crippen molar-refractivity contribution < 1.29 is 19.4 Å². The van der Waals surface area contributed by atoms with E-state index in [9.17, 15) is 9.59 Å². The van der Waals surface area contributed by atoms with Crippen LogP contribution in [0.25, 0.3) is 0 Å². The molecule has 0 bridgehead atoms. The second-order valence-corrected chi connectivity index (χ2v) is 6.11. The van der Waals surface area contributed by atoms with E-state index in [4.69, 9.17) is 9.84 Å². The minimum absolute atomic E-state index is 0.00364. The summed E-state index contributed by atoms with van der Waals surface area (Å²) in [5, 5.41) is 8.87. The first kappa shape index (κ1) is 16.3. The number of carbonyl (C=O) groups excluding carboxylic acids is 1. The SMILES string of the molecule is CC1(C)CN(CC(=O)O)CCN1C(=O)OCc1ccccc1. The summed E-state index contributed by atoms with van der Waals surface area (Å²) < 4.78 is 5.37. The maximum Gasteiger partial charge on any atom is 0.410 e. The van der Waals surface area contributed by atoms with Crippen LogP contribution in [-0.2, 0) is 16.1 Å². The van der Waals surface area contributed by atoms with Gasteiger partial charge in [-0.1, -0.05) is 30.3 Å². The summed E-state index contributed by atoms with van der Waals surface area (Å²) in [5.74, 6) is -0.851. The van der Waals surface area contributed by atoms with Gasteiger partial charge in [0, 0.05) is 19.6 Å². The number of benzene rings is 1. The minimum atomic E-state index is -0.851. The van der Waals surface area contributed by atoms with Gasteiger partial charge in [-0.05, 0) is 19.4 Å². The summed E-state index contributed by atoms with van der Waals surface area (Å²) >= 11 is 0. The molecular weight excluding hydrogens is 284 g/mol. The second-order valence-electron chi connectivity index (χ2n) is 6.11. The van der Waals surface area contributed by atoms with Gasteiger partial charge in [0.25, 0.3) is 0 Å². The lowest BCUT2D eigenvalue weighted by atomic mass is 9.99. The molecule has 6 nitrogen and oxygen atoms in total. The molecule has 0 saturated carbocycles. The molecule has 1 saturated heterocycles. The zero-order valence-corrected chi connectivity index (χ0v) is 13.0. The number of hydrogen-bond acceptors (Lipinski definition) is 4. The monoisotopic (exact) mass is 306 g/mol. The molecule has 0 spiro atoms. The second kappa shape index (κ2) is 6.79. The van der Waals surface area contributed by atoms with Crippen molar-refractivity contribution in [1.29, 1.82) is 0 Å². The van der Waals surface area contributed by atoms with Crippen molar-refractivity contribution >= 4 is 12.1 Å².